The summed E-state index contributed by atoms with van der Waals surface area (Å²) in [5.74, 6) is 0.831. The maximum Gasteiger partial charge on any atom is 0.0734 e. The Morgan fingerprint density at radius 1 is 1.17 bits per heavy atom. The highest BCUT2D eigenvalue weighted by atomic mass is 16.5. The van der Waals surface area contributed by atoms with E-state index in [1.54, 1.807) is 0 Å². The van der Waals surface area contributed by atoms with Crippen molar-refractivity contribution in [2.75, 3.05) is 7.05 Å². The Bertz CT molecular complexity index is 260. The van der Waals surface area contributed by atoms with Crippen molar-refractivity contribution in [3.63, 3.8) is 0 Å². The van der Waals surface area contributed by atoms with Gasteiger partial charge in [0.1, 0.15) is 0 Å². The lowest BCUT2D eigenvalue weighted by Gasteiger charge is -2.44. The first kappa shape index (κ1) is 14.3. The van der Waals surface area contributed by atoms with Gasteiger partial charge in [-0.05, 0) is 56.9 Å². The predicted molar refractivity (Wildman–Crippen MR) is 76.8 cm³/mol. The highest BCUT2D eigenvalue weighted by Gasteiger charge is 2.38. The third kappa shape index (κ3) is 3.08. The van der Waals surface area contributed by atoms with Gasteiger partial charge < -0.3 is 10.1 Å². The fourth-order valence-corrected chi connectivity index (χ4v) is 3.36. The molecule has 2 saturated carbocycles. The zero-order valence-electron chi connectivity index (χ0n) is 12.7. The first-order chi connectivity index (χ1) is 8.56. The van der Waals surface area contributed by atoms with E-state index >= 15 is 0 Å². The Hall–Kier alpha value is -0.0800. The molecule has 0 aromatic carbocycles. The molecule has 2 heteroatoms. The van der Waals surface area contributed by atoms with Gasteiger partial charge in [-0.3, -0.25) is 0 Å². The SMILES string of the molecule is CCC(C)(C)C1CCC(NC)C(OC2CCC2)C1. The Morgan fingerprint density at radius 2 is 1.89 bits per heavy atom. The van der Waals surface area contributed by atoms with E-state index in [0.29, 0.717) is 23.7 Å². The highest BCUT2D eigenvalue weighted by molar-refractivity contribution is 4.91. The second-order valence-corrected chi connectivity index (χ2v) is 6.97. The molecule has 0 radical (unpaired) electrons. The monoisotopic (exact) mass is 253 g/mol. The van der Waals surface area contributed by atoms with Crippen molar-refractivity contribution >= 4 is 0 Å². The third-order valence-electron chi connectivity index (χ3n) is 5.60. The number of hydrogen-bond acceptors (Lipinski definition) is 2. The summed E-state index contributed by atoms with van der Waals surface area (Å²) < 4.78 is 6.34. The van der Waals surface area contributed by atoms with Crippen LogP contribution < -0.4 is 5.32 Å². The van der Waals surface area contributed by atoms with Crippen LogP contribution in [0, 0.1) is 11.3 Å². The first-order valence-electron chi connectivity index (χ1n) is 7.89. The molecule has 2 nitrogen and oxygen atoms in total. The summed E-state index contributed by atoms with van der Waals surface area (Å²) in [6.45, 7) is 7.18. The van der Waals surface area contributed by atoms with Crippen molar-refractivity contribution in [3.05, 3.63) is 0 Å². The normalized spacial score (nSPS) is 34.3. The molecule has 2 fully saturated rings. The summed E-state index contributed by atoms with van der Waals surface area (Å²) in [5.41, 5.74) is 0.472. The summed E-state index contributed by atoms with van der Waals surface area (Å²) in [5, 5.41) is 3.47. The second kappa shape index (κ2) is 5.92. The van der Waals surface area contributed by atoms with Crippen molar-refractivity contribution in [3.8, 4) is 0 Å². The van der Waals surface area contributed by atoms with Crippen LogP contribution in [-0.2, 0) is 4.74 Å². The summed E-state index contributed by atoms with van der Waals surface area (Å²) in [6, 6.07) is 0.578. The molecule has 0 aromatic rings. The Balaban J connectivity index is 1.94. The van der Waals surface area contributed by atoms with Crippen LogP contribution in [0.25, 0.3) is 0 Å². The van der Waals surface area contributed by atoms with E-state index in [2.05, 4.69) is 33.1 Å². The lowest BCUT2D eigenvalue weighted by molar-refractivity contribution is -0.0953. The van der Waals surface area contributed by atoms with Gasteiger partial charge in [-0.25, -0.2) is 0 Å². The molecule has 2 aliphatic rings. The van der Waals surface area contributed by atoms with E-state index in [1.807, 2.05) is 0 Å². The van der Waals surface area contributed by atoms with Crippen LogP contribution in [-0.4, -0.2) is 25.3 Å². The zero-order valence-corrected chi connectivity index (χ0v) is 12.7. The fourth-order valence-electron chi connectivity index (χ4n) is 3.36. The summed E-state index contributed by atoms with van der Waals surface area (Å²) >= 11 is 0. The summed E-state index contributed by atoms with van der Waals surface area (Å²) in [6.07, 6.45) is 10.1. The lowest BCUT2D eigenvalue weighted by atomic mass is 9.68. The molecule has 0 amide bonds. The second-order valence-electron chi connectivity index (χ2n) is 6.97. The number of ether oxygens (including phenoxy) is 1. The number of rotatable bonds is 5. The Kier molecular flexibility index (Phi) is 4.71. The molecule has 106 valence electrons. The van der Waals surface area contributed by atoms with Gasteiger partial charge in [-0.15, -0.1) is 0 Å². The van der Waals surface area contributed by atoms with Gasteiger partial charge in [0.15, 0.2) is 0 Å². The van der Waals surface area contributed by atoms with Crippen LogP contribution >= 0.6 is 0 Å². The average Bonchev–Trinajstić information content (AvgIpc) is 2.33. The zero-order chi connectivity index (χ0) is 13.2. The van der Waals surface area contributed by atoms with Crippen LogP contribution in [0.1, 0.15) is 65.7 Å². The maximum absolute atomic E-state index is 6.34. The quantitative estimate of drug-likeness (QED) is 0.805. The topological polar surface area (TPSA) is 21.3 Å². The highest BCUT2D eigenvalue weighted by Crippen LogP contribution is 2.42. The Labute approximate surface area is 113 Å². The first-order valence-corrected chi connectivity index (χ1v) is 7.89. The van der Waals surface area contributed by atoms with E-state index in [0.717, 1.165) is 5.92 Å². The van der Waals surface area contributed by atoms with Gasteiger partial charge >= 0.3 is 0 Å². The molecule has 0 spiro atoms. The van der Waals surface area contributed by atoms with Crippen LogP contribution in [0.15, 0.2) is 0 Å². The van der Waals surface area contributed by atoms with E-state index in [-0.39, 0.29) is 0 Å². The lowest BCUT2D eigenvalue weighted by Crippen LogP contribution is -2.48. The van der Waals surface area contributed by atoms with E-state index < -0.39 is 0 Å². The van der Waals surface area contributed by atoms with E-state index in [4.69, 9.17) is 4.74 Å². The molecule has 3 unspecified atom stereocenters. The standard InChI is InChI=1S/C16H31NO/c1-5-16(2,3)12-9-10-14(17-4)15(11-12)18-13-7-6-8-13/h12-15,17H,5-11H2,1-4H3. The summed E-state index contributed by atoms with van der Waals surface area (Å²) in [7, 11) is 2.09. The molecule has 0 bridgehead atoms. The number of nitrogens with one attached hydrogen (secondary N) is 1. The average molecular weight is 253 g/mol. The molecule has 3 atom stereocenters. The molecule has 1 N–H and O–H groups in total. The predicted octanol–water partition coefficient (Wildman–Crippen LogP) is 3.75. The van der Waals surface area contributed by atoms with Gasteiger partial charge in [-0.1, -0.05) is 27.2 Å². The van der Waals surface area contributed by atoms with Crippen LogP contribution in [0.3, 0.4) is 0 Å². The third-order valence-corrected chi connectivity index (χ3v) is 5.60. The van der Waals surface area contributed by atoms with Crippen molar-refractivity contribution < 1.29 is 4.74 Å². The molecule has 2 aliphatic carbocycles. The van der Waals surface area contributed by atoms with Gasteiger partial charge in [0.25, 0.3) is 0 Å². The van der Waals surface area contributed by atoms with E-state index in [1.165, 1.54) is 44.9 Å². The van der Waals surface area contributed by atoms with Crippen molar-refractivity contribution in [2.24, 2.45) is 11.3 Å². The molecule has 0 heterocycles. The van der Waals surface area contributed by atoms with E-state index in [9.17, 15) is 0 Å². The minimum Gasteiger partial charge on any atom is -0.373 e. The minimum absolute atomic E-state index is 0.449. The number of hydrogen-bond donors (Lipinski definition) is 1. The fraction of sp³-hybridized carbons (Fsp3) is 1.00. The molecular formula is C16H31NO. The van der Waals surface area contributed by atoms with Crippen LogP contribution in [0.5, 0.6) is 0 Å². The summed E-state index contributed by atoms with van der Waals surface area (Å²) in [4.78, 5) is 0. The van der Waals surface area contributed by atoms with Crippen LogP contribution in [0.4, 0.5) is 0 Å². The molecule has 18 heavy (non-hydrogen) atoms. The smallest absolute Gasteiger partial charge is 0.0734 e. The largest absolute Gasteiger partial charge is 0.373 e. The van der Waals surface area contributed by atoms with Crippen LogP contribution in [0.2, 0.25) is 0 Å². The number of likely N-dealkylation sites (N-methyl/N-ethyl adjacent to an activating group) is 1. The molecule has 0 saturated heterocycles. The van der Waals surface area contributed by atoms with Crippen molar-refractivity contribution in [1.29, 1.82) is 0 Å². The van der Waals surface area contributed by atoms with Crippen molar-refractivity contribution in [2.45, 2.75) is 84.0 Å². The van der Waals surface area contributed by atoms with Gasteiger partial charge in [-0.2, -0.15) is 0 Å². The molecular weight excluding hydrogens is 222 g/mol. The van der Waals surface area contributed by atoms with Gasteiger partial charge in [0, 0.05) is 6.04 Å². The van der Waals surface area contributed by atoms with Gasteiger partial charge in [0.05, 0.1) is 12.2 Å². The maximum atomic E-state index is 6.34. The molecule has 2 rings (SSSR count). The Morgan fingerprint density at radius 3 is 2.39 bits per heavy atom. The van der Waals surface area contributed by atoms with Gasteiger partial charge in [0.2, 0.25) is 0 Å². The minimum atomic E-state index is 0.449. The molecule has 0 aromatic heterocycles. The van der Waals surface area contributed by atoms with Crippen molar-refractivity contribution in [1.82, 2.24) is 5.32 Å². The molecule has 0 aliphatic heterocycles.